The summed E-state index contributed by atoms with van der Waals surface area (Å²) < 4.78 is 1.39. The van der Waals surface area contributed by atoms with E-state index in [1.54, 1.807) is 7.05 Å². The van der Waals surface area contributed by atoms with Gasteiger partial charge >= 0.3 is 0 Å². The molecule has 2 heterocycles. The fourth-order valence-corrected chi connectivity index (χ4v) is 3.31. The minimum absolute atomic E-state index is 0.0277. The molecule has 0 aliphatic carbocycles. The van der Waals surface area contributed by atoms with Crippen molar-refractivity contribution in [2.24, 2.45) is 7.05 Å². The zero-order valence-electron chi connectivity index (χ0n) is 15.3. The fourth-order valence-electron chi connectivity index (χ4n) is 3.06. The van der Waals surface area contributed by atoms with E-state index in [2.05, 4.69) is 5.32 Å². The lowest BCUT2D eigenvalue weighted by atomic mass is 10.0. The molecule has 3 rings (SSSR count). The highest BCUT2D eigenvalue weighted by atomic mass is 35.5. The molecule has 2 N–H and O–H groups in total. The Morgan fingerprint density at radius 3 is 2.74 bits per heavy atom. The van der Waals surface area contributed by atoms with Crippen molar-refractivity contribution in [3.63, 3.8) is 0 Å². The number of hydrogen-bond donors (Lipinski definition) is 2. The van der Waals surface area contributed by atoms with Crippen LogP contribution in [0.5, 0.6) is 0 Å². The number of rotatable bonds is 6. The number of benzene rings is 1. The van der Waals surface area contributed by atoms with Crippen molar-refractivity contribution in [2.45, 2.75) is 19.8 Å². The standard InChI is InChI=1S/C19H22ClN3O4/c1-3-12-4-5-15(14(20)10-12)21-18-17-13(11-16(25)22(18)2)6-7-23(19(17)26)27-9-8-24/h4-5,10-11,21,24H,3,6-9H2,1-2H3. The maximum atomic E-state index is 12.9. The molecule has 0 saturated carbocycles. The molecular weight excluding hydrogens is 370 g/mol. The van der Waals surface area contributed by atoms with Crippen LogP contribution in [0.2, 0.25) is 5.02 Å². The Kier molecular flexibility index (Phi) is 5.84. The Morgan fingerprint density at radius 1 is 1.30 bits per heavy atom. The molecule has 8 heteroatoms. The number of nitrogens with one attached hydrogen (secondary N) is 1. The molecule has 0 bridgehead atoms. The molecule has 0 saturated heterocycles. The zero-order chi connectivity index (χ0) is 19.6. The molecule has 0 atom stereocenters. The summed E-state index contributed by atoms with van der Waals surface area (Å²) in [6.07, 6.45) is 1.34. The summed E-state index contributed by atoms with van der Waals surface area (Å²) in [5.41, 5.74) is 2.52. The first-order chi connectivity index (χ1) is 13.0. The number of aryl methyl sites for hydroxylation is 1. The van der Waals surface area contributed by atoms with Gasteiger partial charge in [0.25, 0.3) is 11.5 Å². The van der Waals surface area contributed by atoms with Gasteiger partial charge in [-0.25, -0.2) is 5.06 Å². The topological polar surface area (TPSA) is 83.8 Å². The van der Waals surface area contributed by atoms with Crippen LogP contribution >= 0.6 is 11.6 Å². The van der Waals surface area contributed by atoms with Crippen LogP contribution in [0.25, 0.3) is 0 Å². The number of halogens is 1. The van der Waals surface area contributed by atoms with Gasteiger partial charge in [0, 0.05) is 13.1 Å². The second-order valence-electron chi connectivity index (χ2n) is 6.30. The third-order valence-electron chi connectivity index (χ3n) is 4.58. The molecule has 7 nitrogen and oxygen atoms in total. The van der Waals surface area contributed by atoms with Crippen LogP contribution in [0.15, 0.2) is 29.1 Å². The third-order valence-corrected chi connectivity index (χ3v) is 4.89. The van der Waals surface area contributed by atoms with E-state index >= 15 is 0 Å². The Balaban J connectivity index is 2.04. The van der Waals surface area contributed by atoms with Gasteiger partial charge in [-0.2, -0.15) is 0 Å². The highest BCUT2D eigenvalue weighted by Crippen LogP contribution is 2.31. The smallest absolute Gasteiger partial charge is 0.281 e. The van der Waals surface area contributed by atoms with Crippen LogP contribution in [0.3, 0.4) is 0 Å². The number of fused-ring (bicyclic) bond motifs is 1. The Morgan fingerprint density at radius 2 is 2.07 bits per heavy atom. The van der Waals surface area contributed by atoms with Crippen LogP contribution in [-0.4, -0.2) is 40.4 Å². The summed E-state index contributed by atoms with van der Waals surface area (Å²) in [5.74, 6) is 0.00930. The van der Waals surface area contributed by atoms with Crippen LogP contribution < -0.4 is 10.9 Å². The van der Waals surface area contributed by atoms with Crippen molar-refractivity contribution in [3.8, 4) is 0 Å². The van der Waals surface area contributed by atoms with Gasteiger partial charge in [0.1, 0.15) is 5.82 Å². The number of carbonyl (C=O) groups excluding carboxylic acids is 1. The van der Waals surface area contributed by atoms with Crippen LogP contribution in [-0.2, 0) is 24.7 Å². The fraction of sp³-hybridized carbons (Fsp3) is 0.368. The lowest BCUT2D eigenvalue weighted by molar-refractivity contribution is -0.132. The average molecular weight is 392 g/mol. The normalized spacial score (nSPS) is 13.6. The highest BCUT2D eigenvalue weighted by molar-refractivity contribution is 6.33. The molecular formula is C19H22ClN3O4. The molecule has 1 aliphatic rings. The monoisotopic (exact) mass is 391 g/mol. The molecule has 1 aromatic heterocycles. The van der Waals surface area contributed by atoms with Gasteiger partial charge in [-0.05, 0) is 36.1 Å². The van der Waals surface area contributed by atoms with Crippen molar-refractivity contribution >= 4 is 29.0 Å². The van der Waals surface area contributed by atoms with Gasteiger partial charge in [-0.15, -0.1) is 0 Å². The van der Waals surface area contributed by atoms with Crippen LogP contribution in [0, 0.1) is 0 Å². The van der Waals surface area contributed by atoms with E-state index in [9.17, 15) is 9.59 Å². The first kappa shape index (κ1) is 19.4. The number of aliphatic hydroxyl groups excluding tert-OH is 1. The minimum atomic E-state index is -0.357. The number of hydroxylamine groups is 2. The third kappa shape index (κ3) is 3.85. The molecule has 2 aromatic rings. The van der Waals surface area contributed by atoms with E-state index in [-0.39, 0.29) is 24.7 Å². The first-order valence-electron chi connectivity index (χ1n) is 8.80. The summed E-state index contributed by atoms with van der Waals surface area (Å²) in [6.45, 7) is 2.20. The van der Waals surface area contributed by atoms with Gasteiger partial charge in [-0.3, -0.25) is 19.0 Å². The lowest BCUT2D eigenvalue weighted by Crippen LogP contribution is -2.40. The molecule has 0 fully saturated rings. The van der Waals surface area contributed by atoms with E-state index in [0.29, 0.717) is 40.6 Å². The predicted molar refractivity (Wildman–Crippen MR) is 104 cm³/mol. The molecule has 0 unspecified atom stereocenters. The van der Waals surface area contributed by atoms with Crippen molar-refractivity contribution in [2.75, 3.05) is 25.1 Å². The van der Waals surface area contributed by atoms with Gasteiger partial charge in [0.2, 0.25) is 0 Å². The largest absolute Gasteiger partial charge is 0.394 e. The number of aliphatic hydroxyl groups is 1. The Bertz CT molecular complexity index is 926. The number of amides is 1. The van der Waals surface area contributed by atoms with Gasteiger partial charge in [-0.1, -0.05) is 24.6 Å². The SMILES string of the molecule is CCc1ccc(Nc2c3c(cc(=O)n2C)CCN(OCCO)C3=O)c(Cl)c1. The Labute approximate surface area is 162 Å². The van der Waals surface area contributed by atoms with Gasteiger partial charge < -0.3 is 10.4 Å². The molecule has 0 radical (unpaired) electrons. The molecule has 1 aliphatic heterocycles. The number of hydrogen-bond acceptors (Lipinski definition) is 5. The number of carbonyl (C=O) groups is 1. The minimum Gasteiger partial charge on any atom is -0.394 e. The van der Waals surface area contributed by atoms with Gasteiger partial charge in [0.15, 0.2) is 0 Å². The zero-order valence-corrected chi connectivity index (χ0v) is 16.0. The van der Waals surface area contributed by atoms with E-state index in [4.69, 9.17) is 21.5 Å². The van der Waals surface area contributed by atoms with Gasteiger partial charge in [0.05, 0.1) is 36.0 Å². The molecule has 1 amide bonds. The number of pyridine rings is 1. The van der Waals surface area contributed by atoms with E-state index in [1.807, 2.05) is 25.1 Å². The summed E-state index contributed by atoms with van der Waals surface area (Å²) in [6, 6.07) is 7.11. The summed E-state index contributed by atoms with van der Waals surface area (Å²) in [5, 5.41) is 13.8. The summed E-state index contributed by atoms with van der Waals surface area (Å²) in [4.78, 5) is 30.6. The van der Waals surface area contributed by atoms with Crippen molar-refractivity contribution < 1.29 is 14.7 Å². The molecule has 0 spiro atoms. The predicted octanol–water partition coefficient (Wildman–Crippen LogP) is 2.27. The first-order valence-corrected chi connectivity index (χ1v) is 9.18. The maximum Gasteiger partial charge on any atom is 0.281 e. The lowest BCUT2D eigenvalue weighted by Gasteiger charge is -2.29. The van der Waals surface area contributed by atoms with E-state index in [1.165, 1.54) is 15.7 Å². The second kappa shape index (κ2) is 8.12. The average Bonchev–Trinajstić information content (AvgIpc) is 2.66. The molecule has 27 heavy (non-hydrogen) atoms. The van der Waals surface area contributed by atoms with Crippen molar-refractivity contribution in [3.05, 3.63) is 56.3 Å². The number of aromatic nitrogens is 1. The highest BCUT2D eigenvalue weighted by Gasteiger charge is 2.30. The summed E-state index contributed by atoms with van der Waals surface area (Å²) >= 11 is 6.37. The Hall–Kier alpha value is -2.35. The quantitative estimate of drug-likeness (QED) is 0.789. The summed E-state index contributed by atoms with van der Waals surface area (Å²) in [7, 11) is 1.60. The maximum absolute atomic E-state index is 12.9. The van der Waals surface area contributed by atoms with E-state index in [0.717, 1.165) is 12.0 Å². The number of nitrogens with zero attached hydrogens (tertiary/aromatic N) is 2. The van der Waals surface area contributed by atoms with E-state index < -0.39 is 0 Å². The van der Waals surface area contributed by atoms with Crippen molar-refractivity contribution in [1.29, 1.82) is 0 Å². The number of anilines is 2. The van der Waals surface area contributed by atoms with Crippen molar-refractivity contribution in [1.82, 2.24) is 9.63 Å². The van der Waals surface area contributed by atoms with Crippen LogP contribution in [0.4, 0.5) is 11.5 Å². The molecule has 144 valence electrons. The second-order valence-corrected chi connectivity index (χ2v) is 6.70. The van der Waals surface area contributed by atoms with Crippen LogP contribution in [0.1, 0.15) is 28.4 Å². The molecule has 1 aromatic carbocycles.